The highest BCUT2D eigenvalue weighted by Gasteiger charge is 2.82. The fraction of sp³-hybridized carbons (Fsp3) is 0.750. The number of hydrogen-bond donors (Lipinski definition) is 0. The minimum Gasteiger partial charge on any atom is -0.398 e. The first-order chi connectivity index (χ1) is 11.0. The molecule has 0 aliphatic rings. The van der Waals surface area contributed by atoms with Crippen molar-refractivity contribution in [2.45, 2.75) is 34.8 Å². The molecule has 26 heavy (non-hydrogen) atoms. The van der Waals surface area contributed by atoms with Gasteiger partial charge in [0.15, 0.2) is 0 Å². The summed E-state index contributed by atoms with van der Waals surface area (Å²) in [6, 6.07) is -3.90. The van der Waals surface area contributed by atoms with Crippen LogP contribution in [0.15, 0.2) is 12.1 Å². The lowest BCUT2D eigenvalue weighted by molar-refractivity contribution is -0.508. The van der Waals surface area contributed by atoms with Gasteiger partial charge in [-0.1, -0.05) is 11.6 Å². The van der Waals surface area contributed by atoms with Crippen molar-refractivity contribution >= 4 is 23.2 Å². The predicted molar refractivity (Wildman–Crippen MR) is 52.8 cm³/mol. The van der Waals surface area contributed by atoms with Crippen LogP contribution in [0.5, 0.6) is 0 Å². The van der Waals surface area contributed by atoms with Crippen molar-refractivity contribution in [2.75, 3.05) is 0 Å². The quantitative estimate of drug-likeness (QED) is 0.253. The molecule has 0 saturated heterocycles. The molecule has 156 valence electrons. The Morgan fingerprint density at radius 3 is 1.31 bits per heavy atom. The summed E-state index contributed by atoms with van der Waals surface area (Å²) in [5.41, 5.74) is 0. The van der Waals surface area contributed by atoms with Crippen LogP contribution in [-0.4, -0.2) is 34.8 Å². The van der Waals surface area contributed by atoms with Gasteiger partial charge in [-0.05, 0) is 11.6 Å². The highest BCUT2D eigenvalue weighted by atomic mass is 35.5. The maximum Gasteiger partial charge on any atom is 0.471 e. The van der Waals surface area contributed by atoms with Crippen LogP contribution in [0.3, 0.4) is 0 Å². The number of ether oxygens (including phenoxy) is 2. The van der Waals surface area contributed by atoms with Crippen LogP contribution >= 0.6 is 23.2 Å². The van der Waals surface area contributed by atoms with Crippen LogP contribution in [0.1, 0.15) is 0 Å². The third-order valence-electron chi connectivity index (χ3n) is 2.10. The molecule has 0 aliphatic heterocycles. The molecular weight excluding hydrogens is 465 g/mol. The topological polar surface area (TPSA) is 18.5 Å². The zero-order valence-corrected chi connectivity index (χ0v) is 12.4. The van der Waals surface area contributed by atoms with E-state index in [9.17, 15) is 61.5 Å². The van der Waals surface area contributed by atoms with E-state index in [1.807, 2.05) is 4.74 Å². The number of alkyl halides is 13. The van der Waals surface area contributed by atoms with Gasteiger partial charge < -0.3 is 4.74 Å². The third kappa shape index (κ3) is 4.49. The summed E-state index contributed by atoms with van der Waals surface area (Å²) >= 11 is 7.52. The van der Waals surface area contributed by atoms with Crippen LogP contribution in [-0.2, 0) is 9.47 Å². The van der Waals surface area contributed by atoms with Crippen LogP contribution in [0.4, 0.5) is 61.5 Å². The average Bonchev–Trinajstić information content (AvgIpc) is 2.34. The summed E-state index contributed by atoms with van der Waals surface area (Å²) < 4.78 is 180. The van der Waals surface area contributed by atoms with Gasteiger partial charge in [-0.15, -0.1) is 0 Å². The van der Waals surface area contributed by atoms with E-state index in [1.165, 1.54) is 0 Å². The van der Waals surface area contributed by atoms with Crippen LogP contribution < -0.4 is 0 Å². The molecule has 0 saturated carbocycles. The smallest absolute Gasteiger partial charge is 0.398 e. The molecule has 2 nitrogen and oxygen atoms in total. The van der Waals surface area contributed by atoms with Gasteiger partial charge in [0.1, 0.15) is 0 Å². The fourth-order valence-corrected chi connectivity index (χ4v) is 1.05. The molecule has 0 heterocycles. The lowest BCUT2D eigenvalue weighted by Crippen LogP contribution is -2.64. The van der Waals surface area contributed by atoms with Crippen molar-refractivity contribution in [2.24, 2.45) is 0 Å². The molecule has 0 aromatic heterocycles. The first kappa shape index (κ1) is 25.1. The minimum atomic E-state index is -7.43. The zero-order chi connectivity index (χ0) is 21.6. The average molecular weight is 465 g/mol. The Morgan fingerprint density at radius 2 is 1.04 bits per heavy atom. The second kappa shape index (κ2) is 6.92. The maximum absolute atomic E-state index is 13.5. The Bertz CT molecular complexity index is 548. The highest BCUT2D eigenvalue weighted by molar-refractivity contribution is 6.32. The largest absolute Gasteiger partial charge is 0.471 e. The van der Waals surface area contributed by atoms with Crippen LogP contribution in [0.25, 0.3) is 0 Å². The van der Waals surface area contributed by atoms with E-state index in [-0.39, 0.29) is 0 Å². The summed E-state index contributed by atoms with van der Waals surface area (Å²) in [5.74, 6) is -7.37. The molecule has 0 spiro atoms. The van der Waals surface area contributed by atoms with E-state index >= 15 is 0 Å². The Labute approximate surface area is 142 Å². The van der Waals surface area contributed by atoms with Crippen LogP contribution in [0.2, 0.25) is 0 Å². The fourth-order valence-electron chi connectivity index (χ4n) is 0.905. The highest BCUT2D eigenvalue weighted by Crippen LogP contribution is 2.56. The molecule has 2 atom stereocenters. The van der Waals surface area contributed by atoms with Crippen molar-refractivity contribution in [3.63, 3.8) is 0 Å². The molecular formula is C8Cl2F14O2. The first-order valence-electron chi connectivity index (χ1n) is 5.09. The predicted octanol–water partition coefficient (Wildman–Crippen LogP) is 6.20. The molecule has 2 unspecified atom stereocenters. The Hall–Kier alpha value is -0.900. The van der Waals surface area contributed by atoms with Gasteiger partial charge in [0.2, 0.25) is 0 Å². The molecule has 0 aliphatic carbocycles. The molecule has 0 N–H and O–H groups in total. The van der Waals surface area contributed by atoms with E-state index in [0.29, 0.717) is 0 Å². The number of halogens is 16. The van der Waals surface area contributed by atoms with E-state index in [2.05, 4.69) is 23.2 Å². The molecule has 18 heteroatoms. The van der Waals surface area contributed by atoms with Crippen molar-refractivity contribution in [3.8, 4) is 0 Å². The monoisotopic (exact) mass is 464 g/mol. The Kier molecular flexibility index (Phi) is 6.68. The van der Waals surface area contributed by atoms with E-state index in [1.54, 1.807) is 4.74 Å². The molecule has 0 bridgehead atoms. The minimum absolute atomic E-state index is 1.72. The van der Waals surface area contributed by atoms with Crippen molar-refractivity contribution in [3.05, 3.63) is 12.1 Å². The van der Waals surface area contributed by atoms with Gasteiger partial charge in [0.05, 0.1) is 0 Å². The summed E-state index contributed by atoms with van der Waals surface area (Å²) in [6.45, 7) is 0. The summed E-state index contributed by atoms with van der Waals surface area (Å²) in [4.78, 5) is 0. The van der Waals surface area contributed by atoms with Gasteiger partial charge >= 0.3 is 46.9 Å². The van der Waals surface area contributed by atoms with Gasteiger partial charge in [0, 0.05) is 0 Å². The first-order valence-corrected chi connectivity index (χ1v) is 5.85. The standard InChI is InChI=1S/C8Cl2F14O2/c9-3(14,5(10,16)17)7(21,22)26-4(15,6(18,19)20)8(23,24)25-2(13)1(11)12. The Balaban J connectivity index is 6.27. The molecule has 0 radical (unpaired) electrons. The van der Waals surface area contributed by atoms with E-state index in [0.717, 1.165) is 0 Å². The van der Waals surface area contributed by atoms with E-state index < -0.39 is 46.9 Å². The number of hydrogen-bond acceptors (Lipinski definition) is 2. The number of rotatable bonds is 7. The molecule has 0 aromatic rings. The summed E-state index contributed by atoms with van der Waals surface area (Å²) in [7, 11) is 0. The van der Waals surface area contributed by atoms with Crippen molar-refractivity contribution in [1.82, 2.24) is 0 Å². The normalized spacial score (nSPS) is 18.8. The Morgan fingerprint density at radius 1 is 0.654 bits per heavy atom. The van der Waals surface area contributed by atoms with Gasteiger partial charge in [-0.3, -0.25) is 4.74 Å². The summed E-state index contributed by atoms with van der Waals surface area (Å²) in [5, 5.41) is -12.3. The summed E-state index contributed by atoms with van der Waals surface area (Å²) in [6.07, 6.45) is -25.5. The van der Waals surface area contributed by atoms with Gasteiger partial charge in [-0.2, -0.15) is 57.1 Å². The molecule has 0 aromatic carbocycles. The lowest BCUT2D eigenvalue weighted by Gasteiger charge is -2.38. The zero-order valence-electron chi connectivity index (χ0n) is 10.9. The van der Waals surface area contributed by atoms with Crippen molar-refractivity contribution < 1.29 is 70.9 Å². The van der Waals surface area contributed by atoms with Gasteiger partial charge in [-0.25, -0.2) is 4.39 Å². The second-order valence-corrected chi connectivity index (χ2v) is 4.93. The molecule has 0 rings (SSSR count). The maximum atomic E-state index is 13.5. The second-order valence-electron chi connectivity index (χ2n) is 3.94. The van der Waals surface area contributed by atoms with Gasteiger partial charge in [0.25, 0.3) is 0 Å². The van der Waals surface area contributed by atoms with E-state index in [4.69, 9.17) is 0 Å². The van der Waals surface area contributed by atoms with Crippen LogP contribution in [0, 0.1) is 0 Å². The molecule has 0 amide bonds. The third-order valence-corrected chi connectivity index (χ3v) is 2.91. The lowest BCUT2D eigenvalue weighted by atomic mass is 10.2. The van der Waals surface area contributed by atoms with Crippen molar-refractivity contribution in [1.29, 1.82) is 0 Å². The SMILES string of the molecule is FC(F)=C(F)OC(F)(F)C(F)(OC(F)(F)C(F)(Cl)C(F)(F)Cl)C(F)(F)F. The molecule has 0 fully saturated rings.